The molecule has 0 radical (unpaired) electrons. The van der Waals surface area contributed by atoms with E-state index >= 15 is 0 Å². The normalized spacial score (nSPS) is 10.4. The van der Waals surface area contributed by atoms with Crippen LogP contribution in [0.25, 0.3) is 6.08 Å². The van der Waals surface area contributed by atoms with E-state index in [4.69, 9.17) is 10.8 Å². The number of carbonyl (C=O) groups excluding carboxylic acids is 1. The number of aliphatic carboxylic acids is 1. The van der Waals surface area contributed by atoms with E-state index in [1.165, 1.54) is 6.08 Å². The van der Waals surface area contributed by atoms with Gasteiger partial charge in [-0.15, -0.1) is 0 Å². The van der Waals surface area contributed by atoms with Gasteiger partial charge in [-0.2, -0.15) is 0 Å². The van der Waals surface area contributed by atoms with E-state index < -0.39 is 5.97 Å². The molecule has 0 heterocycles. The average Bonchev–Trinajstić information content (AvgIpc) is 2.27. The molecule has 0 atom stereocenters. The smallest absolute Gasteiger partial charge is 0.328 e. The highest BCUT2D eigenvalue weighted by Gasteiger charge is 2.00. The van der Waals surface area contributed by atoms with Crippen LogP contribution in [0.5, 0.6) is 0 Å². The lowest BCUT2D eigenvalue weighted by Crippen LogP contribution is -2.16. The Balaban J connectivity index is 2.72. The lowest BCUT2D eigenvalue weighted by atomic mass is 10.2. The highest BCUT2D eigenvalue weighted by molar-refractivity contribution is 5.91. The summed E-state index contributed by atoms with van der Waals surface area (Å²) in [5.74, 6) is -1.17. The molecular weight excluding hydrogens is 220 g/mol. The Hall–Kier alpha value is -2.14. The summed E-state index contributed by atoms with van der Waals surface area (Å²) in [5, 5.41) is 11.2. The second kappa shape index (κ2) is 6.44. The van der Waals surface area contributed by atoms with Crippen LogP contribution in [0.15, 0.2) is 30.3 Å². The average molecular weight is 234 g/mol. The SMILES string of the molecule is NCCC(=O)Nc1cccc(/C=C/C(=O)O)c1. The monoisotopic (exact) mass is 234 g/mol. The topological polar surface area (TPSA) is 92.4 Å². The maximum absolute atomic E-state index is 11.3. The van der Waals surface area contributed by atoms with Crippen molar-refractivity contribution in [2.24, 2.45) is 5.73 Å². The van der Waals surface area contributed by atoms with Crippen molar-refractivity contribution in [1.29, 1.82) is 0 Å². The van der Waals surface area contributed by atoms with Gasteiger partial charge < -0.3 is 16.2 Å². The van der Waals surface area contributed by atoms with Gasteiger partial charge >= 0.3 is 5.97 Å². The molecule has 1 rings (SSSR count). The highest BCUT2D eigenvalue weighted by Crippen LogP contribution is 2.12. The van der Waals surface area contributed by atoms with Crippen LogP contribution < -0.4 is 11.1 Å². The first-order valence-corrected chi connectivity index (χ1v) is 5.13. The van der Waals surface area contributed by atoms with Crippen LogP contribution >= 0.6 is 0 Å². The van der Waals surface area contributed by atoms with Gasteiger partial charge in [-0.25, -0.2) is 4.79 Å². The summed E-state index contributed by atoms with van der Waals surface area (Å²) in [6.45, 7) is 0.296. The molecule has 0 bridgehead atoms. The van der Waals surface area contributed by atoms with Gasteiger partial charge in [0.25, 0.3) is 0 Å². The molecule has 0 aromatic heterocycles. The third kappa shape index (κ3) is 4.94. The molecule has 0 fully saturated rings. The number of nitrogens with one attached hydrogen (secondary N) is 1. The number of carbonyl (C=O) groups is 2. The van der Waals surface area contributed by atoms with Crippen molar-refractivity contribution in [3.8, 4) is 0 Å². The van der Waals surface area contributed by atoms with Gasteiger partial charge in [0.2, 0.25) is 5.91 Å². The number of carboxylic acid groups (broad SMARTS) is 1. The standard InChI is InChI=1S/C12H14N2O3/c13-7-6-11(15)14-10-3-1-2-9(8-10)4-5-12(16)17/h1-5,8H,6-7,13H2,(H,14,15)(H,16,17)/b5-4+. The third-order valence-corrected chi connectivity index (χ3v) is 1.96. The Morgan fingerprint density at radius 2 is 2.18 bits per heavy atom. The van der Waals surface area contributed by atoms with Crippen molar-refractivity contribution < 1.29 is 14.7 Å². The van der Waals surface area contributed by atoms with Crippen molar-refractivity contribution >= 4 is 23.6 Å². The van der Waals surface area contributed by atoms with Gasteiger partial charge in [0.1, 0.15) is 0 Å². The third-order valence-electron chi connectivity index (χ3n) is 1.96. The van der Waals surface area contributed by atoms with Crippen LogP contribution in [0, 0.1) is 0 Å². The van der Waals surface area contributed by atoms with Crippen LogP contribution in [0.2, 0.25) is 0 Å². The first kappa shape index (κ1) is 12.9. The van der Waals surface area contributed by atoms with Crippen LogP contribution in [-0.4, -0.2) is 23.5 Å². The molecule has 90 valence electrons. The molecule has 0 aliphatic rings. The van der Waals surface area contributed by atoms with Crippen LogP contribution in [0.3, 0.4) is 0 Å². The van der Waals surface area contributed by atoms with E-state index in [0.29, 0.717) is 17.8 Å². The fourth-order valence-electron chi connectivity index (χ4n) is 1.24. The fourth-order valence-corrected chi connectivity index (χ4v) is 1.24. The number of hydrogen-bond donors (Lipinski definition) is 3. The predicted octanol–water partition coefficient (Wildman–Crippen LogP) is 1.07. The predicted molar refractivity (Wildman–Crippen MR) is 65.4 cm³/mol. The number of amides is 1. The van der Waals surface area contributed by atoms with Crippen molar-refractivity contribution in [2.75, 3.05) is 11.9 Å². The Morgan fingerprint density at radius 3 is 2.82 bits per heavy atom. The second-order valence-electron chi connectivity index (χ2n) is 3.38. The van der Waals surface area contributed by atoms with E-state index in [-0.39, 0.29) is 12.3 Å². The number of rotatable bonds is 5. The second-order valence-corrected chi connectivity index (χ2v) is 3.38. The van der Waals surface area contributed by atoms with Crippen molar-refractivity contribution in [1.82, 2.24) is 0 Å². The van der Waals surface area contributed by atoms with E-state index in [1.807, 2.05) is 0 Å². The zero-order valence-electron chi connectivity index (χ0n) is 9.22. The minimum atomic E-state index is -1.01. The molecule has 5 heteroatoms. The highest BCUT2D eigenvalue weighted by atomic mass is 16.4. The molecular formula is C12H14N2O3. The first-order valence-electron chi connectivity index (χ1n) is 5.13. The van der Waals surface area contributed by atoms with Gasteiger partial charge in [0, 0.05) is 24.7 Å². The largest absolute Gasteiger partial charge is 0.478 e. The quantitative estimate of drug-likeness (QED) is 0.664. The lowest BCUT2D eigenvalue weighted by molar-refractivity contribution is -0.131. The molecule has 0 saturated heterocycles. The van der Waals surface area contributed by atoms with Crippen LogP contribution in [-0.2, 0) is 9.59 Å². The molecule has 1 aromatic carbocycles. The maximum atomic E-state index is 11.3. The molecule has 4 N–H and O–H groups in total. The molecule has 1 aromatic rings. The Kier molecular flexibility index (Phi) is 4.90. The summed E-state index contributed by atoms with van der Waals surface area (Å²) >= 11 is 0. The Bertz CT molecular complexity index is 441. The molecule has 0 unspecified atom stereocenters. The molecule has 5 nitrogen and oxygen atoms in total. The molecule has 0 saturated carbocycles. The van der Waals surface area contributed by atoms with Gasteiger partial charge in [0.15, 0.2) is 0 Å². The van der Waals surface area contributed by atoms with Crippen LogP contribution in [0.1, 0.15) is 12.0 Å². The number of anilines is 1. The minimum Gasteiger partial charge on any atom is -0.478 e. The van der Waals surface area contributed by atoms with E-state index in [2.05, 4.69) is 5.32 Å². The van der Waals surface area contributed by atoms with E-state index in [0.717, 1.165) is 6.08 Å². The summed E-state index contributed by atoms with van der Waals surface area (Å²) < 4.78 is 0. The van der Waals surface area contributed by atoms with E-state index in [9.17, 15) is 9.59 Å². The summed E-state index contributed by atoms with van der Waals surface area (Å²) in [4.78, 5) is 21.6. The number of benzene rings is 1. The zero-order valence-corrected chi connectivity index (χ0v) is 9.22. The number of hydrogen-bond acceptors (Lipinski definition) is 3. The number of nitrogens with two attached hydrogens (primary N) is 1. The van der Waals surface area contributed by atoms with Crippen LogP contribution in [0.4, 0.5) is 5.69 Å². The van der Waals surface area contributed by atoms with Crippen molar-refractivity contribution in [2.45, 2.75) is 6.42 Å². The molecule has 0 spiro atoms. The van der Waals surface area contributed by atoms with E-state index in [1.54, 1.807) is 24.3 Å². The first-order chi connectivity index (χ1) is 8.11. The van der Waals surface area contributed by atoms with Gasteiger partial charge in [-0.1, -0.05) is 12.1 Å². The zero-order chi connectivity index (χ0) is 12.7. The lowest BCUT2D eigenvalue weighted by Gasteiger charge is -2.04. The molecule has 1 amide bonds. The van der Waals surface area contributed by atoms with Crippen molar-refractivity contribution in [3.63, 3.8) is 0 Å². The number of carboxylic acids is 1. The molecule has 0 aliphatic carbocycles. The Labute approximate surface area is 98.9 Å². The van der Waals surface area contributed by atoms with Crippen molar-refractivity contribution in [3.05, 3.63) is 35.9 Å². The van der Waals surface area contributed by atoms with Gasteiger partial charge in [-0.3, -0.25) is 4.79 Å². The van der Waals surface area contributed by atoms with Gasteiger partial charge in [-0.05, 0) is 23.8 Å². The van der Waals surface area contributed by atoms with Gasteiger partial charge in [0.05, 0.1) is 0 Å². The Morgan fingerprint density at radius 1 is 1.41 bits per heavy atom. The fraction of sp³-hybridized carbons (Fsp3) is 0.167. The summed E-state index contributed by atoms with van der Waals surface area (Å²) in [5.41, 5.74) is 6.58. The summed E-state index contributed by atoms with van der Waals surface area (Å²) in [6, 6.07) is 6.90. The summed E-state index contributed by atoms with van der Waals surface area (Å²) in [6.07, 6.45) is 2.76. The molecule has 0 aliphatic heterocycles. The maximum Gasteiger partial charge on any atom is 0.328 e. The molecule has 17 heavy (non-hydrogen) atoms. The minimum absolute atomic E-state index is 0.160. The summed E-state index contributed by atoms with van der Waals surface area (Å²) in [7, 11) is 0.